The number of fused-ring (bicyclic) bond motifs is 1. The van der Waals surface area contributed by atoms with E-state index in [4.69, 9.17) is 14.2 Å². The van der Waals surface area contributed by atoms with Crippen LogP contribution >= 0.6 is 0 Å². The van der Waals surface area contributed by atoms with Crippen LogP contribution in [0.1, 0.15) is 45.6 Å². The lowest BCUT2D eigenvalue weighted by Gasteiger charge is -2.39. The van der Waals surface area contributed by atoms with Gasteiger partial charge in [-0.25, -0.2) is 28.0 Å². The van der Waals surface area contributed by atoms with Crippen LogP contribution in [0.3, 0.4) is 0 Å². The minimum absolute atomic E-state index is 0.0496. The zero-order valence-corrected chi connectivity index (χ0v) is 29.8. The van der Waals surface area contributed by atoms with Crippen molar-refractivity contribution in [1.82, 2.24) is 24.8 Å². The summed E-state index contributed by atoms with van der Waals surface area (Å²) >= 11 is 0. The van der Waals surface area contributed by atoms with Crippen molar-refractivity contribution in [3.05, 3.63) is 48.8 Å². The first-order valence-electron chi connectivity index (χ1n) is 16.6. The molecule has 2 aliphatic rings. The lowest BCUT2D eigenvalue weighted by atomic mass is 9.97. The minimum atomic E-state index is -4.81. The molecule has 2 fully saturated rings. The summed E-state index contributed by atoms with van der Waals surface area (Å²) < 4.78 is 84.6. The Morgan fingerprint density at radius 3 is 2.49 bits per heavy atom. The van der Waals surface area contributed by atoms with E-state index in [9.17, 15) is 31.2 Å². The third kappa shape index (κ3) is 9.49. The number of rotatable bonds is 9. The van der Waals surface area contributed by atoms with Gasteiger partial charge < -0.3 is 34.3 Å². The number of ether oxygens (including phenoxy) is 3. The van der Waals surface area contributed by atoms with E-state index in [1.807, 2.05) is 0 Å². The van der Waals surface area contributed by atoms with Crippen molar-refractivity contribution in [2.45, 2.75) is 68.9 Å². The largest absolute Gasteiger partial charge is 0.445 e. The summed E-state index contributed by atoms with van der Waals surface area (Å²) in [6.07, 6.45) is 0.0860. The van der Waals surface area contributed by atoms with Gasteiger partial charge in [-0.15, -0.1) is 0 Å². The summed E-state index contributed by atoms with van der Waals surface area (Å²) in [5.41, 5.74) is -2.09. The Labute approximate surface area is 294 Å². The molecule has 2 saturated heterocycles. The van der Waals surface area contributed by atoms with Gasteiger partial charge in [0.05, 0.1) is 28.8 Å². The van der Waals surface area contributed by atoms with Crippen LogP contribution in [0.25, 0.3) is 22.2 Å². The maximum absolute atomic E-state index is 14.3. The standard InChI is InChI=1S/C34H43F3N6O7S/c1-6-14-48-31(44)42-12-10-21(11-13-42)20-49-23-15-22(18-43(19-23)32(45)50-33(2,3)4)40-30-39-17-26(34(35,36)37)28(41-30)25-16-38-29-24(25)8-7-9-27(29)51(5,46)47/h6-9,16-17,21-23,38H,1,10-15,18-20H2,2-5H3,(H,39,40,41)/t22-,23+/m0/s1. The van der Waals surface area contributed by atoms with Gasteiger partial charge in [-0.05, 0) is 52.0 Å². The highest BCUT2D eigenvalue weighted by Gasteiger charge is 2.38. The van der Waals surface area contributed by atoms with Crippen molar-refractivity contribution in [2.24, 2.45) is 5.92 Å². The molecular weight excluding hydrogens is 693 g/mol. The van der Waals surface area contributed by atoms with E-state index in [1.165, 1.54) is 35.4 Å². The number of hydrogen-bond acceptors (Lipinski definition) is 10. The number of benzene rings is 1. The number of amides is 2. The number of anilines is 1. The fourth-order valence-corrected chi connectivity index (χ4v) is 7.07. The molecule has 2 aliphatic heterocycles. The van der Waals surface area contributed by atoms with Crippen LogP contribution in [0.2, 0.25) is 0 Å². The van der Waals surface area contributed by atoms with Crippen LogP contribution in [0.15, 0.2) is 48.1 Å². The van der Waals surface area contributed by atoms with Crippen molar-refractivity contribution < 1.29 is 45.4 Å². The molecule has 51 heavy (non-hydrogen) atoms. The highest BCUT2D eigenvalue weighted by Crippen LogP contribution is 2.40. The van der Waals surface area contributed by atoms with Crippen molar-refractivity contribution >= 4 is 38.9 Å². The fourth-order valence-electron chi connectivity index (χ4n) is 6.21. The van der Waals surface area contributed by atoms with Gasteiger partial charge in [0.2, 0.25) is 5.95 Å². The van der Waals surface area contributed by atoms with Gasteiger partial charge in [0.15, 0.2) is 9.84 Å². The number of carbonyl (C=O) groups is 2. The molecule has 0 bridgehead atoms. The van der Waals surface area contributed by atoms with Gasteiger partial charge in [0.25, 0.3) is 0 Å². The molecule has 1 aromatic carbocycles. The molecule has 0 radical (unpaired) electrons. The number of halogens is 3. The molecule has 2 N–H and O–H groups in total. The number of aromatic nitrogens is 3. The number of H-pyrrole nitrogens is 1. The number of alkyl halides is 3. The lowest BCUT2D eigenvalue weighted by Crippen LogP contribution is -2.53. The number of likely N-dealkylation sites (tertiary alicyclic amines) is 2. The Balaban J connectivity index is 1.36. The second kappa shape index (κ2) is 15.1. The van der Waals surface area contributed by atoms with Crippen molar-refractivity contribution in [1.29, 1.82) is 0 Å². The Hall–Kier alpha value is -4.38. The van der Waals surface area contributed by atoms with Crippen LogP contribution in [-0.2, 0) is 30.2 Å². The number of carbonyl (C=O) groups excluding carboxylic acids is 2. The molecule has 2 aromatic heterocycles. The third-order valence-electron chi connectivity index (χ3n) is 8.59. The maximum atomic E-state index is 14.3. The lowest BCUT2D eigenvalue weighted by molar-refractivity contribution is -0.137. The van der Waals surface area contributed by atoms with Gasteiger partial charge in [0, 0.05) is 61.9 Å². The van der Waals surface area contributed by atoms with E-state index in [1.54, 1.807) is 25.7 Å². The molecule has 3 aromatic rings. The van der Waals surface area contributed by atoms with Gasteiger partial charge in [0.1, 0.15) is 17.8 Å². The second-order valence-corrected chi connectivity index (χ2v) is 15.8. The highest BCUT2D eigenvalue weighted by molar-refractivity contribution is 7.91. The van der Waals surface area contributed by atoms with E-state index in [0.29, 0.717) is 45.2 Å². The number of nitrogens with zero attached hydrogens (tertiary/aromatic N) is 4. The number of piperidine rings is 2. The Bertz CT molecular complexity index is 1850. The first-order valence-corrected chi connectivity index (χ1v) is 18.5. The molecule has 2 atom stereocenters. The Morgan fingerprint density at radius 2 is 1.84 bits per heavy atom. The molecule has 5 rings (SSSR count). The SMILES string of the molecule is C=CCOC(=O)N1CCC(CO[C@@H]2C[C@H](Nc3ncc(C(F)(F)F)c(-c4c[nH]c5c(S(C)(=O)=O)cccc45)n3)CN(C(=O)OC(C)(C)C)C2)CC1. The summed E-state index contributed by atoms with van der Waals surface area (Å²) in [5.74, 6) is 0.0501. The smallest absolute Gasteiger partial charge is 0.419 e. The number of hydrogen-bond donors (Lipinski definition) is 2. The molecule has 0 saturated carbocycles. The fraction of sp³-hybridized carbons (Fsp3) is 0.529. The summed E-state index contributed by atoms with van der Waals surface area (Å²) in [6.45, 7) is 10.7. The first kappa shape index (κ1) is 37.9. The maximum Gasteiger partial charge on any atom is 0.419 e. The summed E-state index contributed by atoms with van der Waals surface area (Å²) in [5, 5.41) is 3.35. The molecule has 13 nitrogen and oxygen atoms in total. The van der Waals surface area contributed by atoms with Crippen molar-refractivity contribution in [2.75, 3.05) is 51.0 Å². The van der Waals surface area contributed by atoms with E-state index in [0.717, 1.165) is 6.26 Å². The Morgan fingerprint density at radius 1 is 1.12 bits per heavy atom. The predicted octanol–water partition coefficient (Wildman–Crippen LogP) is 5.89. The Kier molecular flexibility index (Phi) is 11.2. The molecule has 278 valence electrons. The van der Waals surface area contributed by atoms with Crippen LogP contribution in [-0.4, -0.2) is 109 Å². The van der Waals surface area contributed by atoms with Gasteiger partial charge in [-0.2, -0.15) is 13.2 Å². The van der Waals surface area contributed by atoms with Crippen LogP contribution in [0, 0.1) is 5.92 Å². The van der Waals surface area contributed by atoms with E-state index >= 15 is 0 Å². The number of aromatic amines is 1. The monoisotopic (exact) mass is 736 g/mol. The van der Waals surface area contributed by atoms with E-state index in [2.05, 4.69) is 26.8 Å². The van der Waals surface area contributed by atoms with Gasteiger partial charge >= 0.3 is 18.4 Å². The summed E-state index contributed by atoms with van der Waals surface area (Å²) in [7, 11) is -3.69. The van der Waals surface area contributed by atoms with E-state index < -0.39 is 51.1 Å². The third-order valence-corrected chi connectivity index (χ3v) is 9.73. The van der Waals surface area contributed by atoms with Gasteiger partial charge in [-0.3, -0.25) is 0 Å². The predicted molar refractivity (Wildman–Crippen MR) is 183 cm³/mol. The number of nitrogens with one attached hydrogen (secondary N) is 2. The van der Waals surface area contributed by atoms with Crippen LogP contribution < -0.4 is 5.32 Å². The van der Waals surface area contributed by atoms with Gasteiger partial charge in [-0.1, -0.05) is 24.8 Å². The molecule has 0 unspecified atom stereocenters. The molecular formula is C34H43F3N6O7S. The molecule has 0 aliphatic carbocycles. The zero-order valence-electron chi connectivity index (χ0n) is 29.0. The van der Waals surface area contributed by atoms with Crippen molar-refractivity contribution in [3.8, 4) is 11.3 Å². The highest BCUT2D eigenvalue weighted by atomic mass is 32.2. The summed E-state index contributed by atoms with van der Waals surface area (Å²) in [4.78, 5) is 39.6. The second-order valence-electron chi connectivity index (χ2n) is 13.8. The molecule has 4 heterocycles. The number of sulfone groups is 1. The first-order chi connectivity index (χ1) is 23.9. The molecule has 0 spiro atoms. The van der Waals surface area contributed by atoms with Crippen LogP contribution in [0.4, 0.5) is 28.7 Å². The topological polar surface area (TPSA) is 156 Å². The molecule has 17 heteroatoms. The van der Waals surface area contributed by atoms with E-state index in [-0.39, 0.29) is 59.0 Å². The van der Waals surface area contributed by atoms with Crippen LogP contribution in [0.5, 0.6) is 0 Å². The normalized spacial score (nSPS) is 19.2. The quantitative estimate of drug-likeness (QED) is 0.254. The average molecular weight is 737 g/mol. The number of para-hydroxylation sites is 1. The average Bonchev–Trinajstić information content (AvgIpc) is 3.49. The zero-order chi connectivity index (χ0) is 37.1. The summed E-state index contributed by atoms with van der Waals surface area (Å²) in [6, 6.07) is 3.82. The van der Waals surface area contributed by atoms with Crippen molar-refractivity contribution in [3.63, 3.8) is 0 Å². The minimum Gasteiger partial charge on any atom is -0.445 e. The molecule has 2 amide bonds.